The van der Waals surface area contributed by atoms with Gasteiger partial charge < -0.3 is 15.1 Å². The molecule has 1 aromatic carbocycles. The van der Waals surface area contributed by atoms with Crippen LogP contribution < -0.4 is 10.2 Å². The highest BCUT2D eigenvalue weighted by molar-refractivity contribution is 5.54. The molecule has 0 amide bonds. The second-order valence-electron chi connectivity index (χ2n) is 5.99. The molecule has 19 heavy (non-hydrogen) atoms. The molecular formula is C16H27N3. The highest BCUT2D eigenvalue weighted by Crippen LogP contribution is 2.23. The van der Waals surface area contributed by atoms with E-state index in [-0.39, 0.29) is 0 Å². The van der Waals surface area contributed by atoms with Crippen LogP contribution in [0.4, 0.5) is 5.69 Å². The van der Waals surface area contributed by atoms with Crippen LogP contribution in [0.15, 0.2) is 24.3 Å². The van der Waals surface area contributed by atoms with Crippen molar-refractivity contribution in [2.45, 2.75) is 32.4 Å². The lowest BCUT2D eigenvalue weighted by molar-refractivity contribution is 0.359. The average molecular weight is 261 g/mol. The third-order valence-electron chi connectivity index (χ3n) is 3.95. The van der Waals surface area contributed by atoms with Crippen LogP contribution in [0.25, 0.3) is 0 Å². The molecule has 2 atom stereocenters. The van der Waals surface area contributed by atoms with Crippen LogP contribution in [0, 0.1) is 6.92 Å². The predicted octanol–water partition coefficient (Wildman–Crippen LogP) is 2.11. The van der Waals surface area contributed by atoms with Crippen molar-refractivity contribution in [1.29, 1.82) is 0 Å². The number of para-hydroxylation sites is 1. The summed E-state index contributed by atoms with van der Waals surface area (Å²) in [6, 6.07) is 9.90. The van der Waals surface area contributed by atoms with Gasteiger partial charge in [-0.15, -0.1) is 0 Å². The third kappa shape index (κ3) is 3.71. The summed E-state index contributed by atoms with van der Waals surface area (Å²) in [6.07, 6.45) is 1.21. The van der Waals surface area contributed by atoms with Crippen molar-refractivity contribution in [2.24, 2.45) is 0 Å². The second kappa shape index (κ2) is 6.40. The Morgan fingerprint density at radius 1 is 1.32 bits per heavy atom. The van der Waals surface area contributed by atoms with Crippen LogP contribution in [-0.2, 0) is 0 Å². The molecule has 106 valence electrons. The van der Waals surface area contributed by atoms with E-state index >= 15 is 0 Å². The Balaban J connectivity index is 2.24. The molecular weight excluding hydrogens is 234 g/mol. The largest absolute Gasteiger partial charge is 0.366 e. The van der Waals surface area contributed by atoms with E-state index in [0.29, 0.717) is 12.1 Å². The quantitative estimate of drug-likeness (QED) is 0.899. The summed E-state index contributed by atoms with van der Waals surface area (Å²) >= 11 is 0. The highest BCUT2D eigenvalue weighted by atomic mass is 15.2. The number of hydrogen-bond donors (Lipinski definition) is 1. The Bertz CT molecular complexity index is 403. The smallest absolute Gasteiger partial charge is 0.0541 e. The summed E-state index contributed by atoms with van der Waals surface area (Å²) in [5.41, 5.74) is 2.77. The van der Waals surface area contributed by atoms with Crippen LogP contribution >= 0.6 is 0 Å². The molecule has 0 saturated carbocycles. The normalized spacial score (nSPS) is 24.6. The van der Waals surface area contributed by atoms with Gasteiger partial charge in [0.05, 0.1) is 6.04 Å². The van der Waals surface area contributed by atoms with Gasteiger partial charge in [-0.1, -0.05) is 18.2 Å². The van der Waals surface area contributed by atoms with Gasteiger partial charge in [0.2, 0.25) is 0 Å². The van der Waals surface area contributed by atoms with E-state index in [1.54, 1.807) is 0 Å². The van der Waals surface area contributed by atoms with Crippen molar-refractivity contribution in [3.8, 4) is 0 Å². The predicted molar refractivity (Wildman–Crippen MR) is 82.9 cm³/mol. The van der Waals surface area contributed by atoms with Gasteiger partial charge in [-0.3, -0.25) is 0 Å². The molecule has 3 nitrogen and oxygen atoms in total. The number of nitrogens with one attached hydrogen (secondary N) is 1. The minimum absolute atomic E-state index is 0.543. The number of nitrogens with zero attached hydrogens (tertiary/aromatic N) is 2. The number of rotatable bonds is 3. The molecule has 1 N–H and O–H groups in total. The van der Waals surface area contributed by atoms with Crippen molar-refractivity contribution in [2.75, 3.05) is 38.6 Å². The number of hydrogen-bond acceptors (Lipinski definition) is 3. The zero-order chi connectivity index (χ0) is 13.8. The molecule has 1 aliphatic heterocycles. The third-order valence-corrected chi connectivity index (χ3v) is 3.95. The Kier molecular flexibility index (Phi) is 4.83. The molecule has 0 spiro atoms. The Morgan fingerprint density at radius 3 is 2.74 bits per heavy atom. The first-order chi connectivity index (χ1) is 9.08. The number of anilines is 1. The van der Waals surface area contributed by atoms with Crippen LogP contribution in [0.5, 0.6) is 0 Å². The van der Waals surface area contributed by atoms with Crippen LogP contribution in [0.3, 0.4) is 0 Å². The van der Waals surface area contributed by atoms with E-state index in [2.05, 4.69) is 67.3 Å². The Hall–Kier alpha value is -1.06. The summed E-state index contributed by atoms with van der Waals surface area (Å²) in [6.45, 7) is 7.79. The van der Waals surface area contributed by atoms with Crippen LogP contribution in [0.2, 0.25) is 0 Å². The summed E-state index contributed by atoms with van der Waals surface area (Å²) in [5, 5.41) is 3.65. The van der Waals surface area contributed by atoms with Gasteiger partial charge in [-0.2, -0.15) is 0 Å². The number of aryl methyl sites for hydroxylation is 1. The maximum atomic E-state index is 3.65. The lowest BCUT2D eigenvalue weighted by atomic mass is 10.1. The van der Waals surface area contributed by atoms with Gasteiger partial charge in [0.15, 0.2) is 0 Å². The van der Waals surface area contributed by atoms with Crippen molar-refractivity contribution < 1.29 is 0 Å². The molecule has 2 unspecified atom stereocenters. The van der Waals surface area contributed by atoms with Gasteiger partial charge in [0.1, 0.15) is 0 Å². The first-order valence-corrected chi connectivity index (χ1v) is 7.28. The Labute approximate surface area is 117 Å². The minimum Gasteiger partial charge on any atom is -0.366 e. The highest BCUT2D eigenvalue weighted by Gasteiger charge is 2.24. The van der Waals surface area contributed by atoms with E-state index in [1.807, 2.05) is 0 Å². The summed E-state index contributed by atoms with van der Waals surface area (Å²) < 4.78 is 0. The number of likely N-dealkylation sites (N-methyl/N-ethyl adjacent to an activating group) is 1. The van der Waals surface area contributed by atoms with E-state index in [0.717, 1.165) is 19.6 Å². The zero-order valence-electron chi connectivity index (χ0n) is 12.7. The molecule has 3 heteroatoms. The molecule has 1 heterocycles. The lowest BCUT2D eigenvalue weighted by Crippen LogP contribution is -2.46. The second-order valence-corrected chi connectivity index (χ2v) is 5.99. The van der Waals surface area contributed by atoms with Crippen molar-refractivity contribution in [3.63, 3.8) is 0 Å². The fourth-order valence-corrected chi connectivity index (χ4v) is 2.85. The van der Waals surface area contributed by atoms with Crippen molar-refractivity contribution in [1.82, 2.24) is 10.2 Å². The van der Waals surface area contributed by atoms with Crippen LogP contribution in [0.1, 0.15) is 18.9 Å². The first kappa shape index (κ1) is 14.4. The summed E-state index contributed by atoms with van der Waals surface area (Å²) in [7, 11) is 4.31. The van der Waals surface area contributed by atoms with Crippen LogP contribution in [-0.4, -0.2) is 50.7 Å². The molecule has 0 aliphatic carbocycles. The van der Waals surface area contributed by atoms with Gasteiger partial charge in [0.25, 0.3) is 0 Å². The molecule has 0 bridgehead atoms. The zero-order valence-corrected chi connectivity index (χ0v) is 12.7. The molecule has 2 rings (SSSR count). The molecule has 0 radical (unpaired) electrons. The van der Waals surface area contributed by atoms with Crippen molar-refractivity contribution >= 4 is 5.69 Å². The van der Waals surface area contributed by atoms with Gasteiger partial charge in [0, 0.05) is 31.4 Å². The topological polar surface area (TPSA) is 18.5 Å². The van der Waals surface area contributed by atoms with E-state index < -0.39 is 0 Å². The first-order valence-electron chi connectivity index (χ1n) is 7.28. The molecule has 0 aromatic heterocycles. The van der Waals surface area contributed by atoms with E-state index in [9.17, 15) is 0 Å². The fraction of sp³-hybridized carbons (Fsp3) is 0.625. The molecule has 1 aliphatic rings. The molecule has 1 saturated heterocycles. The summed E-state index contributed by atoms with van der Waals surface area (Å²) in [5.74, 6) is 0. The maximum Gasteiger partial charge on any atom is 0.0541 e. The standard InChI is InChI=1S/C16H27N3/c1-13-7-5-6-8-16(13)19-10-9-14(2)17-11-15(19)12-18(3)4/h5-8,14-15,17H,9-12H2,1-4H3. The monoisotopic (exact) mass is 261 g/mol. The molecule has 1 fully saturated rings. The maximum absolute atomic E-state index is 3.65. The lowest BCUT2D eigenvalue weighted by Gasteiger charge is -2.34. The number of benzene rings is 1. The van der Waals surface area contributed by atoms with Crippen molar-refractivity contribution in [3.05, 3.63) is 29.8 Å². The minimum atomic E-state index is 0.543. The van der Waals surface area contributed by atoms with Gasteiger partial charge >= 0.3 is 0 Å². The van der Waals surface area contributed by atoms with Gasteiger partial charge in [-0.05, 0) is 46.0 Å². The van der Waals surface area contributed by atoms with E-state index in [4.69, 9.17) is 0 Å². The van der Waals surface area contributed by atoms with Gasteiger partial charge in [-0.25, -0.2) is 0 Å². The molecule has 1 aromatic rings. The SMILES string of the molecule is Cc1ccccc1N1CCC(C)NCC1CN(C)C. The summed E-state index contributed by atoms with van der Waals surface area (Å²) in [4.78, 5) is 4.87. The van der Waals surface area contributed by atoms with E-state index in [1.165, 1.54) is 17.7 Å². The average Bonchev–Trinajstić information content (AvgIpc) is 2.53. The Morgan fingerprint density at radius 2 is 2.05 bits per heavy atom. The fourth-order valence-electron chi connectivity index (χ4n) is 2.85.